The van der Waals surface area contributed by atoms with Crippen LogP contribution in [-0.4, -0.2) is 9.97 Å². The molecular formula is C21H17ClN2. The summed E-state index contributed by atoms with van der Waals surface area (Å²) in [7, 11) is 0. The molecule has 0 amide bonds. The van der Waals surface area contributed by atoms with Gasteiger partial charge in [-0.25, -0.2) is 4.98 Å². The van der Waals surface area contributed by atoms with E-state index in [4.69, 9.17) is 11.6 Å². The van der Waals surface area contributed by atoms with E-state index in [9.17, 15) is 0 Å². The monoisotopic (exact) mass is 332 g/mol. The molecule has 0 atom stereocenters. The topological polar surface area (TPSA) is 28.7 Å². The van der Waals surface area contributed by atoms with Crippen molar-refractivity contribution in [2.24, 2.45) is 0 Å². The second-order valence-corrected chi connectivity index (χ2v) is 6.26. The SMILES string of the molecule is Clc1nc(-c2ccc3ccccc3c2)[nH]c1CCc1ccccc1. The first kappa shape index (κ1) is 15.0. The minimum Gasteiger partial charge on any atom is -0.341 e. The van der Waals surface area contributed by atoms with E-state index in [-0.39, 0.29) is 0 Å². The van der Waals surface area contributed by atoms with Crippen molar-refractivity contribution in [3.63, 3.8) is 0 Å². The summed E-state index contributed by atoms with van der Waals surface area (Å²) in [5, 5.41) is 2.99. The van der Waals surface area contributed by atoms with Crippen molar-refractivity contribution in [2.45, 2.75) is 12.8 Å². The number of benzene rings is 3. The Balaban J connectivity index is 1.60. The molecule has 1 N–H and O–H groups in total. The van der Waals surface area contributed by atoms with Gasteiger partial charge in [-0.1, -0.05) is 78.3 Å². The molecule has 0 spiro atoms. The van der Waals surface area contributed by atoms with Crippen molar-refractivity contribution in [3.05, 3.63) is 89.2 Å². The third-order valence-electron chi connectivity index (χ3n) is 4.26. The van der Waals surface area contributed by atoms with Crippen molar-refractivity contribution in [1.82, 2.24) is 9.97 Å². The molecule has 0 unspecified atom stereocenters. The molecular weight excluding hydrogens is 316 g/mol. The summed E-state index contributed by atoms with van der Waals surface area (Å²) >= 11 is 6.34. The van der Waals surface area contributed by atoms with Crippen LogP contribution in [0.1, 0.15) is 11.3 Å². The Labute approximate surface area is 146 Å². The maximum absolute atomic E-state index is 6.34. The van der Waals surface area contributed by atoms with E-state index in [1.807, 2.05) is 18.2 Å². The highest BCUT2D eigenvalue weighted by Crippen LogP contribution is 2.25. The van der Waals surface area contributed by atoms with Crippen molar-refractivity contribution in [3.8, 4) is 11.4 Å². The third-order valence-corrected chi connectivity index (χ3v) is 4.57. The highest BCUT2D eigenvalue weighted by Gasteiger charge is 2.10. The first-order chi connectivity index (χ1) is 11.8. The Morgan fingerprint density at radius 2 is 1.54 bits per heavy atom. The minimum absolute atomic E-state index is 0.564. The van der Waals surface area contributed by atoms with Gasteiger partial charge in [-0.05, 0) is 35.2 Å². The molecule has 0 aliphatic carbocycles. The molecule has 118 valence electrons. The lowest BCUT2D eigenvalue weighted by Gasteiger charge is -2.01. The smallest absolute Gasteiger partial charge is 0.150 e. The van der Waals surface area contributed by atoms with E-state index < -0.39 is 0 Å². The van der Waals surface area contributed by atoms with Gasteiger partial charge >= 0.3 is 0 Å². The van der Waals surface area contributed by atoms with Crippen LogP contribution in [0, 0.1) is 0 Å². The fourth-order valence-corrected chi connectivity index (χ4v) is 3.17. The second-order valence-electron chi connectivity index (χ2n) is 5.90. The quantitative estimate of drug-likeness (QED) is 0.512. The summed E-state index contributed by atoms with van der Waals surface area (Å²) < 4.78 is 0. The first-order valence-corrected chi connectivity index (χ1v) is 8.45. The number of fused-ring (bicyclic) bond motifs is 1. The number of halogens is 1. The van der Waals surface area contributed by atoms with E-state index in [1.54, 1.807) is 0 Å². The lowest BCUT2D eigenvalue weighted by atomic mass is 10.1. The number of aryl methyl sites for hydroxylation is 2. The summed E-state index contributed by atoms with van der Waals surface area (Å²) in [4.78, 5) is 7.90. The number of hydrogen-bond donors (Lipinski definition) is 1. The molecule has 0 saturated carbocycles. The van der Waals surface area contributed by atoms with Crippen LogP contribution < -0.4 is 0 Å². The summed E-state index contributed by atoms with van der Waals surface area (Å²) in [5.74, 6) is 0.828. The molecule has 0 radical (unpaired) electrons. The second kappa shape index (κ2) is 6.50. The van der Waals surface area contributed by atoms with Crippen LogP contribution in [0.15, 0.2) is 72.8 Å². The molecule has 3 aromatic carbocycles. The zero-order valence-corrected chi connectivity index (χ0v) is 13.9. The van der Waals surface area contributed by atoms with Gasteiger partial charge in [0.15, 0.2) is 5.15 Å². The molecule has 4 aromatic rings. The number of nitrogens with zero attached hydrogens (tertiary/aromatic N) is 1. The van der Waals surface area contributed by atoms with E-state index in [2.05, 4.69) is 64.6 Å². The Hall–Kier alpha value is -2.58. The highest BCUT2D eigenvalue weighted by atomic mass is 35.5. The lowest BCUT2D eigenvalue weighted by molar-refractivity contribution is 0.926. The Kier molecular flexibility index (Phi) is 4.06. The fraction of sp³-hybridized carbons (Fsp3) is 0.0952. The molecule has 1 aromatic heterocycles. The number of nitrogens with one attached hydrogen (secondary N) is 1. The van der Waals surface area contributed by atoms with E-state index >= 15 is 0 Å². The lowest BCUT2D eigenvalue weighted by Crippen LogP contribution is -1.92. The van der Waals surface area contributed by atoms with Crippen molar-refractivity contribution in [2.75, 3.05) is 0 Å². The van der Waals surface area contributed by atoms with Gasteiger partial charge in [0.1, 0.15) is 5.82 Å². The van der Waals surface area contributed by atoms with Gasteiger partial charge in [0.25, 0.3) is 0 Å². The van der Waals surface area contributed by atoms with Crippen LogP contribution in [0.5, 0.6) is 0 Å². The minimum atomic E-state index is 0.564. The van der Waals surface area contributed by atoms with Crippen LogP contribution in [0.3, 0.4) is 0 Å². The van der Waals surface area contributed by atoms with Crippen molar-refractivity contribution >= 4 is 22.4 Å². The average molecular weight is 333 g/mol. The van der Waals surface area contributed by atoms with Crippen molar-refractivity contribution < 1.29 is 0 Å². The van der Waals surface area contributed by atoms with Gasteiger partial charge in [-0.3, -0.25) is 0 Å². The van der Waals surface area contributed by atoms with E-state index in [0.717, 1.165) is 29.9 Å². The summed E-state index contributed by atoms with van der Waals surface area (Å²) in [6, 6.07) is 25.1. The third kappa shape index (κ3) is 3.06. The Bertz CT molecular complexity index is 973. The number of hydrogen-bond acceptors (Lipinski definition) is 1. The van der Waals surface area contributed by atoms with Gasteiger partial charge in [-0.15, -0.1) is 0 Å². The molecule has 0 saturated heterocycles. The van der Waals surface area contributed by atoms with Crippen LogP contribution in [-0.2, 0) is 12.8 Å². The van der Waals surface area contributed by atoms with Crippen LogP contribution >= 0.6 is 11.6 Å². The zero-order valence-electron chi connectivity index (χ0n) is 13.2. The van der Waals surface area contributed by atoms with Gasteiger partial charge in [0.2, 0.25) is 0 Å². The van der Waals surface area contributed by atoms with Gasteiger partial charge < -0.3 is 4.98 Å². The highest BCUT2D eigenvalue weighted by molar-refractivity contribution is 6.30. The van der Waals surface area contributed by atoms with E-state index in [1.165, 1.54) is 16.3 Å². The van der Waals surface area contributed by atoms with Crippen LogP contribution in [0.25, 0.3) is 22.2 Å². The molecule has 0 fully saturated rings. The molecule has 0 aliphatic heterocycles. The summed E-state index contributed by atoms with van der Waals surface area (Å²) in [6.45, 7) is 0. The van der Waals surface area contributed by atoms with Crippen LogP contribution in [0.2, 0.25) is 5.15 Å². The van der Waals surface area contributed by atoms with Crippen LogP contribution in [0.4, 0.5) is 0 Å². The molecule has 0 bridgehead atoms. The van der Waals surface area contributed by atoms with Crippen molar-refractivity contribution in [1.29, 1.82) is 0 Å². The summed E-state index contributed by atoms with van der Waals surface area (Å²) in [6.07, 6.45) is 1.79. The maximum atomic E-state index is 6.34. The summed E-state index contributed by atoms with van der Waals surface area (Å²) in [5.41, 5.74) is 3.35. The molecule has 4 rings (SSSR count). The molecule has 0 aliphatic rings. The van der Waals surface area contributed by atoms with E-state index in [0.29, 0.717) is 5.15 Å². The number of H-pyrrole nitrogens is 1. The molecule has 1 heterocycles. The molecule has 24 heavy (non-hydrogen) atoms. The normalized spacial score (nSPS) is 11.0. The average Bonchev–Trinajstić information content (AvgIpc) is 3.01. The number of imidazole rings is 1. The Morgan fingerprint density at radius 1 is 0.792 bits per heavy atom. The van der Waals surface area contributed by atoms with Gasteiger partial charge in [0.05, 0.1) is 5.69 Å². The Morgan fingerprint density at radius 3 is 2.38 bits per heavy atom. The maximum Gasteiger partial charge on any atom is 0.150 e. The first-order valence-electron chi connectivity index (χ1n) is 8.07. The van der Waals surface area contributed by atoms with Gasteiger partial charge in [0, 0.05) is 5.56 Å². The standard InChI is InChI=1S/C21H17ClN2/c22-20-19(13-10-15-6-2-1-3-7-15)23-21(24-20)18-12-11-16-8-4-5-9-17(16)14-18/h1-9,11-12,14H,10,13H2,(H,23,24). The van der Waals surface area contributed by atoms with Gasteiger partial charge in [-0.2, -0.15) is 0 Å². The predicted molar refractivity (Wildman–Crippen MR) is 100 cm³/mol. The predicted octanol–water partition coefficient (Wildman–Crippen LogP) is 5.67. The number of aromatic nitrogens is 2. The largest absolute Gasteiger partial charge is 0.341 e. The number of aromatic amines is 1. The fourth-order valence-electron chi connectivity index (χ4n) is 2.94. The molecule has 2 nitrogen and oxygen atoms in total. The zero-order chi connectivity index (χ0) is 16.4. The number of rotatable bonds is 4. The molecule has 3 heteroatoms.